The second-order valence-electron chi connectivity index (χ2n) is 8.31. The Morgan fingerprint density at radius 3 is 2.36 bits per heavy atom. The Morgan fingerprint density at radius 1 is 0.972 bits per heavy atom. The van der Waals surface area contributed by atoms with Gasteiger partial charge in [0, 0.05) is 12.1 Å². The van der Waals surface area contributed by atoms with Crippen LogP contribution in [0.2, 0.25) is 0 Å². The van der Waals surface area contributed by atoms with Crippen LogP contribution in [-0.4, -0.2) is 29.8 Å². The van der Waals surface area contributed by atoms with Gasteiger partial charge in [0.15, 0.2) is 6.10 Å². The van der Waals surface area contributed by atoms with Gasteiger partial charge in [-0.3, -0.25) is 14.4 Å². The number of amides is 3. The van der Waals surface area contributed by atoms with Crippen LogP contribution in [0.5, 0.6) is 5.75 Å². The minimum atomic E-state index is -1.23. The summed E-state index contributed by atoms with van der Waals surface area (Å²) in [7, 11) is 0. The second kappa shape index (κ2) is 10.5. The average Bonchev–Trinajstić information content (AvgIpc) is 2.94. The van der Waals surface area contributed by atoms with E-state index in [9.17, 15) is 27.6 Å². The van der Waals surface area contributed by atoms with Gasteiger partial charge in [-0.2, -0.15) is 0 Å². The molecule has 1 aliphatic heterocycles. The summed E-state index contributed by atoms with van der Waals surface area (Å²) in [6.45, 7) is 1.40. The van der Waals surface area contributed by atoms with Crippen molar-refractivity contribution in [1.82, 2.24) is 10.6 Å². The molecule has 3 amide bonds. The molecule has 0 saturated heterocycles. The molecule has 36 heavy (non-hydrogen) atoms. The van der Waals surface area contributed by atoms with Gasteiger partial charge in [0.2, 0.25) is 11.8 Å². The Hall–Kier alpha value is -4.34. The number of rotatable bonds is 6. The third-order valence-electron chi connectivity index (χ3n) is 5.52. The van der Waals surface area contributed by atoms with Crippen LogP contribution < -0.4 is 20.7 Å². The molecular weight excluding hydrogens is 475 g/mol. The highest BCUT2D eigenvalue weighted by Gasteiger charge is 2.37. The van der Waals surface area contributed by atoms with E-state index in [1.165, 1.54) is 19.1 Å². The first-order chi connectivity index (χ1) is 17.2. The number of hydrogen-bond donors (Lipinski definition) is 3. The van der Waals surface area contributed by atoms with Crippen molar-refractivity contribution in [2.24, 2.45) is 0 Å². The summed E-state index contributed by atoms with van der Waals surface area (Å²) < 4.78 is 46.6. The molecular formula is C26H22F3N3O4. The zero-order chi connectivity index (χ0) is 25.8. The van der Waals surface area contributed by atoms with Crippen LogP contribution in [0, 0.1) is 17.5 Å². The first-order valence-electron chi connectivity index (χ1n) is 11.1. The van der Waals surface area contributed by atoms with Crippen molar-refractivity contribution in [3.63, 3.8) is 0 Å². The molecule has 0 aliphatic carbocycles. The van der Waals surface area contributed by atoms with Crippen molar-refractivity contribution in [1.29, 1.82) is 0 Å². The van der Waals surface area contributed by atoms with Crippen LogP contribution in [0.3, 0.4) is 0 Å². The van der Waals surface area contributed by atoms with E-state index >= 15 is 0 Å². The van der Waals surface area contributed by atoms with Crippen LogP contribution in [0.25, 0.3) is 0 Å². The standard InChI is InChI=1S/C26H22F3N3O4/c1-14(30-22(33)11-15-9-18(28)12-19(29)10-15)25(34)32-23-24(16-5-3-2-4-6-16)36-21-8-7-17(27)13-20(21)31-26(23)35/h2-10,12-14,23-24H,11H2,1H3,(H,30,33)(H,31,35)(H,32,34)/t14-,23?,24?/m0/s1. The van der Waals surface area contributed by atoms with Gasteiger partial charge in [-0.15, -0.1) is 0 Å². The zero-order valence-corrected chi connectivity index (χ0v) is 19.1. The molecule has 3 atom stereocenters. The molecule has 3 aromatic carbocycles. The first-order valence-corrected chi connectivity index (χ1v) is 11.1. The number of nitrogens with one attached hydrogen (secondary N) is 3. The number of anilines is 1. The number of carbonyl (C=O) groups excluding carboxylic acids is 3. The molecule has 3 N–H and O–H groups in total. The van der Waals surface area contributed by atoms with Crippen LogP contribution in [-0.2, 0) is 20.8 Å². The van der Waals surface area contributed by atoms with Gasteiger partial charge < -0.3 is 20.7 Å². The molecule has 4 rings (SSSR count). The zero-order valence-electron chi connectivity index (χ0n) is 19.1. The number of carbonyl (C=O) groups is 3. The van der Waals surface area contributed by atoms with Crippen molar-refractivity contribution < 1.29 is 32.3 Å². The van der Waals surface area contributed by atoms with Gasteiger partial charge in [0.1, 0.15) is 35.3 Å². The lowest BCUT2D eigenvalue weighted by Gasteiger charge is -2.26. The highest BCUT2D eigenvalue weighted by Crippen LogP contribution is 2.35. The maximum atomic E-state index is 13.8. The SMILES string of the molecule is C[C@H](NC(=O)Cc1cc(F)cc(F)c1)C(=O)NC1C(=O)Nc2cc(F)ccc2OC1c1ccccc1. The van der Waals surface area contributed by atoms with Gasteiger partial charge >= 0.3 is 0 Å². The van der Waals surface area contributed by atoms with Gasteiger partial charge in [-0.05, 0) is 42.3 Å². The van der Waals surface area contributed by atoms with Gasteiger partial charge in [-0.25, -0.2) is 13.2 Å². The van der Waals surface area contributed by atoms with Crippen molar-refractivity contribution >= 4 is 23.4 Å². The summed E-state index contributed by atoms with van der Waals surface area (Å²) in [5.74, 6) is -3.99. The lowest BCUT2D eigenvalue weighted by atomic mass is 10.0. The lowest BCUT2D eigenvalue weighted by Crippen LogP contribution is -2.54. The van der Waals surface area contributed by atoms with E-state index in [2.05, 4.69) is 16.0 Å². The normalized spacial score (nSPS) is 17.6. The molecule has 0 aromatic heterocycles. The Bertz CT molecular complexity index is 1280. The monoisotopic (exact) mass is 497 g/mol. The molecule has 0 spiro atoms. The van der Waals surface area contributed by atoms with E-state index in [4.69, 9.17) is 4.74 Å². The number of fused-ring (bicyclic) bond motifs is 1. The van der Waals surface area contributed by atoms with Crippen molar-refractivity contribution in [3.05, 3.63) is 95.3 Å². The highest BCUT2D eigenvalue weighted by atomic mass is 19.1. The summed E-state index contributed by atoms with van der Waals surface area (Å²) in [4.78, 5) is 38.4. The molecule has 0 bridgehead atoms. The Morgan fingerprint density at radius 2 is 1.67 bits per heavy atom. The summed E-state index contributed by atoms with van der Waals surface area (Å²) in [6.07, 6.45) is -1.31. The van der Waals surface area contributed by atoms with Gasteiger partial charge in [0.05, 0.1) is 12.1 Å². The summed E-state index contributed by atoms with van der Waals surface area (Å²) >= 11 is 0. The van der Waals surface area contributed by atoms with E-state index in [0.717, 1.165) is 18.2 Å². The molecule has 1 aliphatic rings. The quantitative estimate of drug-likeness (QED) is 0.487. The molecule has 186 valence electrons. The predicted molar refractivity (Wildman–Crippen MR) is 124 cm³/mol. The topological polar surface area (TPSA) is 96.5 Å². The van der Waals surface area contributed by atoms with E-state index < -0.39 is 53.4 Å². The van der Waals surface area contributed by atoms with E-state index in [1.54, 1.807) is 30.3 Å². The summed E-state index contributed by atoms with van der Waals surface area (Å²) in [6, 6.07) is 12.8. The first kappa shape index (κ1) is 24.8. The van der Waals surface area contributed by atoms with Crippen LogP contribution in [0.15, 0.2) is 66.7 Å². The Labute approximate surface area is 204 Å². The number of benzene rings is 3. The summed E-state index contributed by atoms with van der Waals surface area (Å²) in [5, 5.41) is 7.60. The van der Waals surface area contributed by atoms with Crippen LogP contribution in [0.4, 0.5) is 18.9 Å². The number of hydrogen-bond acceptors (Lipinski definition) is 4. The molecule has 0 radical (unpaired) electrons. The minimum absolute atomic E-state index is 0.100. The smallest absolute Gasteiger partial charge is 0.251 e. The Balaban J connectivity index is 1.50. The Kier molecular flexibility index (Phi) is 7.23. The lowest BCUT2D eigenvalue weighted by molar-refractivity contribution is -0.131. The van der Waals surface area contributed by atoms with E-state index in [0.29, 0.717) is 11.6 Å². The molecule has 1 heterocycles. The van der Waals surface area contributed by atoms with Gasteiger partial charge in [-0.1, -0.05) is 30.3 Å². The largest absolute Gasteiger partial charge is 0.481 e. The van der Waals surface area contributed by atoms with E-state index in [1.807, 2.05) is 0 Å². The second-order valence-corrected chi connectivity index (χ2v) is 8.31. The molecule has 2 unspecified atom stereocenters. The van der Waals surface area contributed by atoms with Crippen molar-refractivity contribution in [2.45, 2.75) is 31.5 Å². The maximum Gasteiger partial charge on any atom is 0.251 e. The highest BCUT2D eigenvalue weighted by molar-refractivity contribution is 6.00. The minimum Gasteiger partial charge on any atom is -0.481 e. The van der Waals surface area contributed by atoms with Crippen LogP contribution >= 0.6 is 0 Å². The van der Waals surface area contributed by atoms with Crippen LogP contribution in [0.1, 0.15) is 24.2 Å². The number of ether oxygens (including phenoxy) is 1. The molecule has 3 aromatic rings. The third-order valence-corrected chi connectivity index (χ3v) is 5.52. The molecule has 0 saturated carbocycles. The van der Waals surface area contributed by atoms with Crippen molar-refractivity contribution in [2.75, 3.05) is 5.32 Å². The van der Waals surface area contributed by atoms with E-state index in [-0.39, 0.29) is 23.4 Å². The maximum absolute atomic E-state index is 13.8. The molecule has 7 nitrogen and oxygen atoms in total. The number of halogens is 3. The van der Waals surface area contributed by atoms with Crippen molar-refractivity contribution in [3.8, 4) is 5.75 Å². The molecule has 10 heteroatoms. The fourth-order valence-electron chi connectivity index (χ4n) is 3.83. The molecule has 0 fully saturated rings. The fourth-order valence-corrected chi connectivity index (χ4v) is 3.83. The summed E-state index contributed by atoms with van der Waals surface area (Å²) in [5.41, 5.74) is 0.796. The van der Waals surface area contributed by atoms with Gasteiger partial charge in [0.25, 0.3) is 5.91 Å². The average molecular weight is 497 g/mol. The predicted octanol–water partition coefficient (Wildman–Crippen LogP) is 3.41. The fraction of sp³-hybridized carbons (Fsp3) is 0.192. The third kappa shape index (κ3) is 5.83.